The van der Waals surface area contributed by atoms with Gasteiger partial charge in [0.15, 0.2) is 0 Å². The molecule has 0 radical (unpaired) electrons. The highest BCUT2D eigenvalue weighted by atomic mass is 32.2. The third-order valence-electron chi connectivity index (χ3n) is 4.93. The predicted octanol–water partition coefficient (Wildman–Crippen LogP) is 3.65. The van der Waals surface area contributed by atoms with Gasteiger partial charge in [0.05, 0.1) is 21.7 Å². The van der Waals surface area contributed by atoms with Crippen molar-refractivity contribution in [1.29, 1.82) is 0 Å². The summed E-state index contributed by atoms with van der Waals surface area (Å²) in [4.78, 5) is 16.5. The van der Waals surface area contributed by atoms with Gasteiger partial charge >= 0.3 is 4.87 Å². The van der Waals surface area contributed by atoms with Gasteiger partial charge < -0.3 is 4.52 Å². The smallest absolute Gasteiger partial charge is 0.308 e. The molecular weight excluding hydrogens is 436 g/mol. The molecule has 0 amide bonds. The van der Waals surface area contributed by atoms with Crippen LogP contribution < -0.4 is 4.87 Å². The second-order valence-corrected chi connectivity index (χ2v) is 10.3. The zero-order chi connectivity index (χ0) is 22.2. The maximum Gasteiger partial charge on any atom is 0.308 e. The van der Waals surface area contributed by atoms with E-state index in [0.29, 0.717) is 17.1 Å². The van der Waals surface area contributed by atoms with Gasteiger partial charge in [-0.1, -0.05) is 53.2 Å². The van der Waals surface area contributed by atoms with E-state index in [1.54, 1.807) is 16.7 Å². The van der Waals surface area contributed by atoms with Crippen LogP contribution >= 0.6 is 11.3 Å². The number of benzene rings is 2. The molecule has 0 bridgehead atoms. The average molecular weight is 459 g/mol. The van der Waals surface area contributed by atoms with Crippen LogP contribution in [0, 0.1) is 6.92 Å². The van der Waals surface area contributed by atoms with Gasteiger partial charge in [-0.2, -0.15) is 9.29 Å². The molecule has 2 heterocycles. The Kier molecular flexibility index (Phi) is 5.78. The third-order valence-corrected chi connectivity index (χ3v) is 7.67. The van der Waals surface area contributed by atoms with Crippen molar-refractivity contribution in [3.05, 3.63) is 63.6 Å². The molecule has 0 spiro atoms. The Balaban J connectivity index is 1.57. The Bertz CT molecular complexity index is 1390. The van der Waals surface area contributed by atoms with E-state index in [0.717, 1.165) is 38.7 Å². The molecular formula is C21H22N4O4S2. The minimum absolute atomic E-state index is 0.0632. The van der Waals surface area contributed by atoms with E-state index in [4.69, 9.17) is 4.52 Å². The van der Waals surface area contributed by atoms with Gasteiger partial charge in [0, 0.05) is 19.2 Å². The molecule has 0 saturated heterocycles. The van der Waals surface area contributed by atoms with Crippen molar-refractivity contribution in [3.63, 3.8) is 0 Å². The van der Waals surface area contributed by atoms with Crippen LogP contribution in [0.2, 0.25) is 0 Å². The zero-order valence-corrected chi connectivity index (χ0v) is 19.0. The number of nitrogens with zero attached hydrogens (tertiary/aromatic N) is 4. The maximum absolute atomic E-state index is 13.1. The summed E-state index contributed by atoms with van der Waals surface area (Å²) >= 11 is 1.05. The molecule has 4 aromatic rings. The first-order valence-corrected chi connectivity index (χ1v) is 12.0. The summed E-state index contributed by atoms with van der Waals surface area (Å²) in [6.07, 6.45) is 0.823. The fourth-order valence-electron chi connectivity index (χ4n) is 3.24. The number of thiazole rings is 1. The van der Waals surface area contributed by atoms with E-state index < -0.39 is 10.0 Å². The first kappa shape index (κ1) is 21.4. The number of hydrogen-bond acceptors (Lipinski definition) is 7. The van der Waals surface area contributed by atoms with Gasteiger partial charge in [0.2, 0.25) is 21.7 Å². The van der Waals surface area contributed by atoms with E-state index in [1.807, 2.05) is 38.1 Å². The van der Waals surface area contributed by atoms with Gasteiger partial charge in [-0.3, -0.25) is 9.36 Å². The van der Waals surface area contributed by atoms with Crippen molar-refractivity contribution >= 4 is 31.6 Å². The average Bonchev–Trinajstić information content (AvgIpc) is 3.33. The number of aromatic nitrogens is 3. The Morgan fingerprint density at radius 3 is 2.61 bits per heavy atom. The van der Waals surface area contributed by atoms with Crippen molar-refractivity contribution in [2.45, 2.75) is 38.3 Å². The molecule has 10 heteroatoms. The second kappa shape index (κ2) is 8.37. The molecule has 2 aromatic carbocycles. The van der Waals surface area contributed by atoms with Crippen molar-refractivity contribution in [2.75, 3.05) is 7.05 Å². The number of fused-ring (bicyclic) bond motifs is 1. The van der Waals surface area contributed by atoms with E-state index in [-0.39, 0.29) is 22.2 Å². The molecule has 31 heavy (non-hydrogen) atoms. The van der Waals surface area contributed by atoms with E-state index in [2.05, 4.69) is 10.1 Å². The van der Waals surface area contributed by atoms with Gasteiger partial charge in [-0.15, -0.1) is 0 Å². The molecule has 0 fully saturated rings. The molecule has 0 saturated carbocycles. The summed E-state index contributed by atoms with van der Waals surface area (Å²) in [5.74, 6) is 0.603. The highest BCUT2D eigenvalue weighted by Crippen LogP contribution is 2.25. The van der Waals surface area contributed by atoms with Crippen LogP contribution in [0.3, 0.4) is 0 Å². The van der Waals surface area contributed by atoms with Gasteiger partial charge in [0.25, 0.3) is 0 Å². The first-order chi connectivity index (χ1) is 14.8. The Labute approximate surface area is 183 Å². The van der Waals surface area contributed by atoms with Crippen LogP contribution in [0.15, 0.2) is 56.7 Å². The molecule has 2 aromatic heterocycles. The Morgan fingerprint density at radius 2 is 1.90 bits per heavy atom. The first-order valence-electron chi connectivity index (χ1n) is 9.79. The summed E-state index contributed by atoms with van der Waals surface area (Å²) in [7, 11) is -2.35. The number of sulfonamides is 1. The maximum atomic E-state index is 13.1. The highest BCUT2D eigenvalue weighted by molar-refractivity contribution is 7.89. The van der Waals surface area contributed by atoms with Crippen LogP contribution in [0.25, 0.3) is 21.6 Å². The van der Waals surface area contributed by atoms with Crippen molar-refractivity contribution in [1.82, 2.24) is 19.0 Å². The van der Waals surface area contributed by atoms with Crippen LogP contribution in [0.5, 0.6) is 0 Å². The van der Waals surface area contributed by atoms with E-state index in [1.165, 1.54) is 13.1 Å². The third kappa shape index (κ3) is 4.18. The number of rotatable bonds is 7. The number of aryl methyl sites for hydroxylation is 2. The largest absolute Gasteiger partial charge is 0.338 e. The van der Waals surface area contributed by atoms with Crippen molar-refractivity contribution < 1.29 is 12.9 Å². The SMILES string of the molecule is CCCn1c(=O)sc2cc(S(=O)(=O)N(C)Cc3nc(-c4ccc(C)cc4)no3)ccc21. The van der Waals surface area contributed by atoms with Crippen LogP contribution in [-0.2, 0) is 23.1 Å². The zero-order valence-electron chi connectivity index (χ0n) is 17.4. The minimum Gasteiger partial charge on any atom is -0.338 e. The molecule has 8 nitrogen and oxygen atoms in total. The van der Waals surface area contributed by atoms with E-state index in [9.17, 15) is 13.2 Å². The van der Waals surface area contributed by atoms with Crippen molar-refractivity contribution in [3.8, 4) is 11.4 Å². The lowest BCUT2D eigenvalue weighted by atomic mass is 10.1. The number of hydrogen-bond donors (Lipinski definition) is 0. The lowest BCUT2D eigenvalue weighted by Gasteiger charge is -2.15. The Hall–Kier alpha value is -2.82. The van der Waals surface area contributed by atoms with Gasteiger partial charge in [0.1, 0.15) is 0 Å². The van der Waals surface area contributed by atoms with E-state index >= 15 is 0 Å². The van der Waals surface area contributed by atoms with Gasteiger partial charge in [-0.25, -0.2) is 8.42 Å². The molecule has 162 valence electrons. The molecule has 0 atom stereocenters. The van der Waals surface area contributed by atoms with Crippen LogP contribution in [0.4, 0.5) is 0 Å². The quantitative estimate of drug-likeness (QED) is 0.419. The van der Waals surface area contributed by atoms with Crippen LogP contribution in [0.1, 0.15) is 24.8 Å². The summed E-state index contributed by atoms with van der Waals surface area (Å²) in [5.41, 5.74) is 2.66. The summed E-state index contributed by atoms with van der Waals surface area (Å²) in [6.45, 7) is 4.52. The fraction of sp³-hybridized carbons (Fsp3) is 0.286. The minimum atomic E-state index is -3.80. The lowest BCUT2D eigenvalue weighted by Crippen LogP contribution is -2.26. The molecule has 0 aliphatic heterocycles. The molecule has 0 aliphatic rings. The molecule has 0 aliphatic carbocycles. The fourth-order valence-corrected chi connectivity index (χ4v) is 5.42. The molecule has 0 N–H and O–H groups in total. The molecule has 0 unspecified atom stereocenters. The Morgan fingerprint density at radius 1 is 1.16 bits per heavy atom. The van der Waals surface area contributed by atoms with Gasteiger partial charge in [-0.05, 0) is 31.5 Å². The second-order valence-electron chi connectivity index (χ2n) is 7.29. The normalized spacial score (nSPS) is 12.1. The monoisotopic (exact) mass is 458 g/mol. The van der Waals surface area contributed by atoms with Crippen molar-refractivity contribution in [2.24, 2.45) is 0 Å². The standard InChI is InChI=1S/C21H22N4O4S2/c1-4-11-25-17-10-9-16(12-18(17)30-21(25)26)31(27,28)24(3)13-19-22-20(23-29-19)15-7-5-14(2)6-8-15/h5-10,12H,4,11,13H2,1-3H3. The summed E-state index contributed by atoms with van der Waals surface area (Å²) < 4.78 is 34.9. The topological polar surface area (TPSA) is 98.3 Å². The summed E-state index contributed by atoms with van der Waals surface area (Å²) in [5, 5.41) is 3.95. The highest BCUT2D eigenvalue weighted by Gasteiger charge is 2.24. The lowest BCUT2D eigenvalue weighted by molar-refractivity contribution is 0.337. The predicted molar refractivity (Wildman–Crippen MR) is 119 cm³/mol. The van der Waals surface area contributed by atoms with Crippen LogP contribution in [-0.4, -0.2) is 34.5 Å². The summed E-state index contributed by atoms with van der Waals surface area (Å²) in [6, 6.07) is 12.4. The molecule has 4 rings (SSSR count).